The summed E-state index contributed by atoms with van der Waals surface area (Å²) in [6.07, 6.45) is 1.93. The lowest BCUT2D eigenvalue weighted by atomic mass is 10.3. The fourth-order valence-corrected chi connectivity index (χ4v) is 2.09. The van der Waals surface area contributed by atoms with E-state index in [2.05, 4.69) is 4.18 Å². The van der Waals surface area contributed by atoms with Crippen LogP contribution in [-0.4, -0.2) is 32.7 Å². The molecule has 1 aromatic carbocycles. The zero-order valence-electron chi connectivity index (χ0n) is 10.5. The first kappa shape index (κ1) is 15.5. The Morgan fingerprint density at radius 3 is 2.42 bits per heavy atom. The van der Waals surface area contributed by atoms with Crippen molar-refractivity contribution in [1.82, 2.24) is 0 Å². The minimum Gasteiger partial charge on any atom is -0.494 e. The quantitative estimate of drug-likeness (QED) is 0.578. The number of hydrogen-bond acceptors (Lipinski definition) is 5. The van der Waals surface area contributed by atoms with E-state index in [1.807, 2.05) is 6.92 Å². The first-order valence-corrected chi connectivity index (χ1v) is 7.20. The Morgan fingerprint density at radius 2 is 1.89 bits per heavy atom. The summed E-state index contributed by atoms with van der Waals surface area (Å²) < 4.78 is 32.9. The van der Waals surface area contributed by atoms with Crippen LogP contribution in [0.2, 0.25) is 0 Å². The monoisotopic (exact) mass is 288 g/mol. The van der Waals surface area contributed by atoms with E-state index in [0.29, 0.717) is 12.4 Å². The van der Waals surface area contributed by atoms with E-state index in [1.54, 1.807) is 0 Å². The van der Waals surface area contributed by atoms with Crippen molar-refractivity contribution in [3.63, 3.8) is 0 Å². The minimum absolute atomic E-state index is 0.100. The second-order valence-electron chi connectivity index (χ2n) is 3.78. The summed E-state index contributed by atoms with van der Waals surface area (Å²) in [7, 11) is -4.03. The third-order valence-corrected chi connectivity index (χ3v) is 3.49. The summed E-state index contributed by atoms with van der Waals surface area (Å²) in [5.41, 5.74) is 0. The van der Waals surface area contributed by atoms with Crippen LogP contribution in [0.4, 0.5) is 0 Å². The summed E-state index contributed by atoms with van der Waals surface area (Å²) in [6.45, 7) is 1.72. The van der Waals surface area contributed by atoms with Crippen LogP contribution in [0, 0.1) is 0 Å². The molecule has 0 heterocycles. The molecule has 1 aromatic rings. The van der Waals surface area contributed by atoms with Gasteiger partial charge in [0.1, 0.15) is 5.75 Å². The largest absolute Gasteiger partial charge is 0.494 e. The Bertz CT molecular complexity index is 506. The topological polar surface area (TPSA) is 89.9 Å². The van der Waals surface area contributed by atoms with Gasteiger partial charge in [0.25, 0.3) is 10.1 Å². The van der Waals surface area contributed by atoms with Gasteiger partial charge in [0.05, 0.1) is 11.5 Å². The van der Waals surface area contributed by atoms with E-state index >= 15 is 0 Å². The van der Waals surface area contributed by atoms with E-state index in [4.69, 9.17) is 9.84 Å². The summed E-state index contributed by atoms with van der Waals surface area (Å²) in [5.74, 6) is -0.784. The van der Waals surface area contributed by atoms with Crippen molar-refractivity contribution in [2.45, 2.75) is 24.7 Å². The zero-order chi connectivity index (χ0) is 14.3. The maximum absolute atomic E-state index is 11.6. The lowest BCUT2D eigenvalue weighted by Gasteiger charge is -2.07. The number of carboxylic acids is 1. The average Bonchev–Trinajstić information content (AvgIpc) is 2.37. The van der Waals surface area contributed by atoms with Gasteiger partial charge >= 0.3 is 5.97 Å². The maximum atomic E-state index is 11.6. The second-order valence-corrected chi connectivity index (χ2v) is 5.40. The van der Waals surface area contributed by atoms with Gasteiger partial charge in [0, 0.05) is 0 Å². The number of aliphatic carboxylic acids is 1. The second kappa shape index (κ2) is 7.10. The molecule has 0 fully saturated rings. The normalized spacial score (nSPS) is 11.2. The van der Waals surface area contributed by atoms with Gasteiger partial charge in [0.2, 0.25) is 0 Å². The number of hydrogen-bond donors (Lipinski definition) is 1. The van der Waals surface area contributed by atoms with Gasteiger partial charge in [-0.2, -0.15) is 8.42 Å². The number of rotatable bonds is 8. The predicted octanol–water partition coefficient (Wildman–Crippen LogP) is 1.66. The number of benzene rings is 1. The molecule has 0 aromatic heterocycles. The van der Waals surface area contributed by atoms with Crippen LogP contribution in [0.3, 0.4) is 0 Å². The molecule has 7 heteroatoms. The van der Waals surface area contributed by atoms with E-state index < -0.39 is 22.7 Å². The van der Waals surface area contributed by atoms with Crippen molar-refractivity contribution in [1.29, 1.82) is 0 Å². The summed E-state index contributed by atoms with van der Waals surface area (Å²) >= 11 is 0. The number of carbonyl (C=O) groups is 1. The molecule has 0 saturated carbocycles. The van der Waals surface area contributed by atoms with E-state index in [0.717, 1.165) is 12.8 Å². The van der Waals surface area contributed by atoms with Gasteiger partial charge in [-0.25, -0.2) is 4.79 Å². The van der Waals surface area contributed by atoms with Crippen molar-refractivity contribution in [3.8, 4) is 5.75 Å². The molecule has 0 spiro atoms. The molecule has 1 N–H and O–H groups in total. The first-order chi connectivity index (χ1) is 8.95. The van der Waals surface area contributed by atoms with Crippen molar-refractivity contribution in [2.75, 3.05) is 13.2 Å². The molecule has 6 nitrogen and oxygen atoms in total. The van der Waals surface area contributed by atoms with Crippen molar-refractivity contribution in [2.24, 2.45) is 0 Å². The van der Waals surface area contributed by atoms with E-state index in [-0.39, 0.29) is 4.90 Å². The fraction of sp³-hybridized carbons (Fsp3) is 0.417. The van der Waals surface area contributed by atoms with Crippen LogP contribution in [0.5, 0.6) is 5.75 Å². The Morgan fingerprint density at radius 1 is 1.26 bits per heavy atom. The average molecular weight is 288 g/mol. The number of carboxylic acid groups (broad SMARTS) is 1. The lowest BCUT2D eigenvalue weighted by molar-refractivity contribution is -0.139. The zero-order valence-corrected chi connectivity index (χ0v) is 11.4. The van der Waals surface area contributed by atoms with Crippen LogP contribution < -0.4 is 4.74 Å². The molecular weight excluding hydrogens is 272 g/mol. The Kier molecular flexibility index (Phi) is 5.78. The van der Waals surface area contributed by atoms with Crippen LogP contribution in [-0.2, 0) is 19.1 Å². The molecule has 0 atom stereocenters. The molecule has 19 heavy (non-hydrogen) atoms. The van der Waals surface area contributed by atoms with Gasteiger partial charge < -0.3 is 9.84 Å². The highest BCUT2D eigenvalue weighted by Gasteiger charge is 2.16. The predicted molar refractivity (Wildman–Crippen MR) is 67.6 cm³/mol. The minimum atomic E-state index is -4.03. The van der Waals surface area contributed by atoms with Gasteiger partial charge in [-0.3, -0.25) is 4.18 Å². The number of unbranched alkanes of at least 4 members (excludes halogenated alkanes) is 1. The van der Waals surface area contributed by atoms with Crippen LogP contribution in [0.25, 0.3) is 0 Å². The van der Waals surface area contributed by atoms with Crippen molar-refractivity contribution < 1.29 is 27.2 Å². The molecular formula is C12H16O6S. The molecule has 0 aliphatic carbocycles. The lowest BCUT2D eigenvalue weighted by Crippen LogP contribution is -2.13. The fourth-order valence-electron chi connectivity index (χ4n) is 1.23. The number of ether oxygens (including phenoxy) is 1. The van der Waals surface area contributed by atoms with Crippen molar-refractivity contribution >= 4 is 16.1 Å². The Labute approximate surface area is 112 Å². The Balaban J connectivity index is 2.67. The molecule has 0 aliphatic heterocycles. The van der Waals surface area contributed by atoms with Gasteiger partial charge in [-0.1, -0.05) is 13.3 Å². The molecule has 0 bridgehead atoms. The first-order valence-electron chi connectivity index (χ1n) is 5.80. The summed E-state index contributed by atoms with van der Waals surface area (Å²) in [6, 6.07) is 5.65. The third-order valence-electron chi connectivity index (χ3n) is 2.22. The van der Waals surface area contributed by atoms with Crippen LogP contribution in [0.1, 0.15) is 19.8 Å². The molecule has 0 aliphatic rings. The van der Waals surface area contributed by atoms with Crippen LogP contribution >= 0.6 is 0 Å². The summed E-state index contributed by atoms with van der Waals surface area (Å²) in [4.78, 5) is 10.2. The van der Waals surface area contributed by atoms with Gasteiger partial charge in [0.15, 0.2) is 6.61 Å². The molecule has 0 radical (unpaired) electrons. The smallest absolute Gasteiger partial charge is 0.331 e. The van der Waals surface area contributed by atoms with E-state index in [1.165, 1.54) is 24.3 Å². The molecule has 0 amide bonds. The van der Waals surface area contributed by atoms with Gasteiger partial charge in [-0.05, 0) is 30.7 Å². The molecule has 1 rings (SSSR count). The summed E-state index contributed by atoms with van der Waals surface area (Å²) in [5, 5.41) is 8.38. The maximum Gasteiger partial charge on any atom is 0.331 e. The van der Waals surface area contributed by atoms with E-state index in [9.17, 15) is 13.2 Å². The van der Waals surface area contributed by atoms with Gasteiger partial charge in [-0.15, -0.1) is 0 Å². The molecule has 106 valence electrons. The Hall–Kier alpha value is -1.60. The van der Waals surface area contributed by atoms with Crippen molar-refractivity contribution in [3.05, 3.63) is 24.3 Å². The molecule has 0 saturated heterocycles. The van der Waals surface area contributed by atoms with Crippen LogP contribution in [0.15, 0.2) is 29.2 Å². The highest BCUT2D eigenvalue weighted by molar-refractivity contribution is 7.86. The highest BCUT2D eigenvalue weighted by atomic mass is 32.2. The highest BCUT2D eigenvalue weighted by Crippen LogP contribution is 2.17. The third kappa shape index (κ3) is 5.27. The SMILES string of the molecule is CCCCOc1ccc(S(=O)(=O)OCC(=O)O)cc1. The standard InChI is InChI=1S/C12H16O6S/c1-2-3-8-17-10-4-6-11(7-5-10)19(15,16)18-9-12(13)14/h4-7H,2-3,8-9H2,1H3,(H,13,14). The molecule has 0 unspecified atom stereocenters.